The smallest absolute Gasteiger partial charge is 0.124 e. The first kappa shape index (κ1) is 16.9. The molecule has 1 unspecified atom stereocenters. The Morgan fingerprint density at radius 2 is 2.15 bits per heavy atom. The Bertz CT molecular complexity index is 418. The predicted molar refractivity (Wildman–Crippen MR) is 90.2 cm³/mol. The molecule has 0 fully saturated rings. The van der Waals surface area contributed by atoms with Crippen LogP contribution in [0.4, 0.5) is 5.69 Å². The molecule has 4 nitrogen and oxygen atoms in total. The second-order valence-electron chi connectivity index (χ2n) is 4.98. The van der Waals surface area contributed by atoms with Gasteiger partial charge in [-0.15, -0.1) is 0 Å². The molecule has 0 bridgehead atoms. The standard InChI is InChI=1S/C15H26N4S/c1-4-19(5-2)11-7-8-12(3)18-13-9-6-10-17-14(13)15(16)20/h6,9-10,12,18H,4-5,7-8,11H2,1-3H3,(H2,16,20). The van der Waals surface area contributed by atoms with Gasteiger partial charge in [0, 0.05) is 12.2 Å². The van der Waals surface area contributed by atoms with E-state index in [-0.39, 0.29) is 0 Å². The average molecular weight is 294 g/mol. The van der Waals surface area contributed by atoms with Crippen LogP contribution in [0.5, 0.6) is 0 Å². The van der Waals surface area contributed by atoms with E-state index in [4.69, 9.17) is 18.0 Å². The van der Waals surface area contributed by atoms with E-state index in [0.29, 0.717) is 16.7 Å². The molecule has 0 aliphatic rings. The zero-order valence-corrected chi connectivity index (χ0v) is 13.5. The molecule has 3 N–H and O–H groups in total. The van der Waals surface area contributed by atoms with Gasteiger partial charge < -0.3 is 16.0 Å². The predicted octanol–water partition coefficient (Wildman–Crippen LogP) is 2.64. The summed E-state index contributed by atoms with van der Waals surface area (Å²) < 4.78 is 0. The summed E-state index contributed by atoms with van der Waals surface area (Å²) in [5.41, 5.74) is 7.29. The summed E-state index contributed by atoms with van der Waals surface area (Å²) in [5.74, 6) is 0. The van der Waals surface area contributed by atoms with Crippen molar-refractivity contribution in [2.24, 2.45) is 5.73 Å². The normalized spacial score (nSPS) is 12.4. The zero-order chi connectivity index (χ0) is 15.0. The van der Waals surface area contributed by atoms with Crippen molar-refractivity contribution in [3.05, 3.63) is 24.0 Å². The number of hydrogen-bond acceptors (Lipinski definition) is 4. The van der Waals surface area contributed by atoms with Gasteiger partial charge >= 0.3 is 0 Å². The molecule has 0 saturated heterocycles. The van der Waals surface area contributed by atoms with Crippen molar-refractivity contribution in [3.8, 4) is 0 Å². The van der Waals surface area contributed by atoms with Crippen LogP contribution in [0.3, 0.4) is 0 Å². The number of nitrogens with two attached hydrogens (primary N) is 1. The van der Waals surface area contributed by atoms with E-state index in [2.05, 4.69) is 36.0 Å². The summed E-state index contributed by atoms with van der Waals surface area (Å²) >= 11 is 5.02. The SMILES string of the molecule is CCN(CC)CCCC(C)Nc1cccnc1C(N)=S. The Balaban J connectivity index is 2.46. The molecule has 0 aliphatic carbocycles. The number of nitrogens with zero attached hydrogens (tertiary/aromatic N) is 2. The van der Waals surface area contributed by atoms with Gasteiger partial charge in [0.15, 0.2) is 0 Å². The average Bonchev–Trinajstić information content (AvgIpc) is 2.44. The Morgan fingerprint density at radius 3 is 2.75 bits per heavy atom. The monoisotopic (exact) mass is 294 g/mol. The minimum atomic E-state index is 0.337. The van der Waals surface area contributed by atoms with Crippen molar-refractivity contribution >= 4 is 22.9 Å². The second kappa shape index (κ2) is 8.87. The van der Waals surface area contributed by atoms with Gasteiger partial charge in [-0.3, -0.25) is 4.98 Å². The molecule has 0 amide bonds. The Labute approximate surface area is 127 Å². The van der Waals surface area contributed by atoms with E-state index in [1.807, 2.05) is 12.1 Å². The Hall–Kier alpha value is -1.20. The lowest BCUT2D eigenvalue weighted by Crippen LogP contribution is -2.26. The third-order valence-electron chi connectivity index (χ3n) is 3.45. The number of hydrogen-bond donors (Lipinski definition) is 2. The van der Waals surface area contributed by atoms with Crippen molar-refractivity contribution in [1.82, 2.24) is 9.88 Å². The lowest BCUT2D eigenvalue weighted by molar-refractivity contribution is 0.295. The van der Waals surface area contributed by atoms with Gasteiger partial charge in [-0.05, 0) is 51.5 Å². The molecule has 1 aromatic rings. The first-order chi connectivity index (χ1) is 9.58. The number of anilines is 1. The third-order valence-corrected chi connectivity index (χ3v) is 3.64. The van der Waals surface area contributed by atoms with Crippen molar-refractivity contribution in [2.75, 3.05) is 25.0 Å². The highest BCUT2D eigenvalue weighted by Crippen LogP contribution is 2.15. The number of pyridine rings is 1. The van der Waals surface area contributed by atoms with Crippen LogP contribution in [0, 0.1) is 0 Å². The Kier molecular flexibility index (Phi) is 7.47. The maximum Gasteiger partial charge on any atom is 0.124 e. The molecule has 1 rings (SSSR count). The zero-order valence-electron chi connectivity index (χ0n) is 12.7. The summed E-state index contributed by atoms with van der Waals surface area (Å²) in [5, 5.41) is 3.45. The largest absolute Gasteiger partial charge is 0.388 e. The van der Waals surface area contributed by atoms with Crippen molar-refractivity contribution in [3.63, 3.8) is 0 Å². The first-order valence-electron chi connectivity index (χ1n) is 7.32. The van der Waals surface area contributed by atoms with E-state index in [9.17, 15) is 0 Å². The molecule has 5 heteroatoms. The molecule has 1 atom stereocenters. The van der Waals surface area contributed by atoms with Gasteiger partial charge in [-0.2, -0.15) is 0 Å². The van der Waals surface area contributed by atoms with Gasteiger partial charge in [0.25, 0.3) is 0 Å². The number of thiocarbonyl (C=S) groups is 1. The van der Waals surface area contributed by atoms with Crippen molar-refractivity contribution in [1.29, 1.82) is 0 Å². The summed E-state index contributed by atoms with van der Waals surface area (Å²) in [7, 11) is 0. The van der Waals surface area contributed by atoms with Crippen LogP contribution >= 0.6 is 12.2 Å². The van der Waals surface area contributed by atoms with E-state index < -0.39 is 0 Å². The van der Waals surface area contributed by atoms with Crippen LogP contribution in [-0.2, 0) is 0 Å². The van der Waals surface area contributed by atoms with Crippen LogP contribution in [0.2, 0.25) is 0 Å². The molecular weight excluding hydrogens is 268 g/mol. The van der Waals surface area contributed by atoms with Crippen LogP contribution < -0.4 is 11.1 Å². The van der Waals surface area contributed by atoms with E-state index in [1.54, 1.807) is 6.20 Å². The second-order valence-corrected chi connectivity index (χ2v) is 5.42. The summed E-state index contributed by atoms with van der Waals surface area (Å²) in [6, 6.07) is 4.25. The Morgan fingerprint density at radius 1 is 1.45 bits per heavy atom. The molecule has 0 saturated carbocycles. The molecule has 0 aliphatic heterocycles. The molecule has 20 heavy (non-hydrogen) atoms. The van der Waals surface area contributed by atoms with Crippen LogP contribution in [0.25, 0.3) is 0 Å². The summed E-state index contributed by atoms with van der Waals surface area (Å²) in [4.78, 5) is 7.01. The number of rotatable bonds is 9. The maximum absolute atomic E-state index is 5.69. The fourth-order valence-electron chi connectivity index (χ4n) is 2.22. The fourth-order valence-corrected chi connectivity index (χ4v) is 2.38. The molecule has 0 spiro atoms. The molecule has 1 aromatic heterocycles. The topological polar surface area (TPSA) is 54.2 Å². The highest BCUT2D eigenvalue weighted by Gasteiger charge is 2.09. The van der Waals surface area contributed by atoms with Crippen molar-refractivity contribution < 1.29 is 0 Å². The van der Waals surface area contributed by atoms with Gasteiger partial charge in [0.05, 0.1) is 5.69 Å². The van der Waals surface area contributed by atoms with Gasteiger partial charge in [0.1, 0.15) is 10.7 Å². The fraction of sp³-hybridized carbons (Fsp3) is 0.600. The van der Waals surface area contributed by atoms with Gasteiger partial charge in [0.2, 0.25) is 0 Å². The molecular formula is C15H26N4S. The first-order valence-corrected chi connectivity index (χ1v) is 7.73. The van der Waals surface area contributed by atoms with Gasteiger partial charge in [-0.25, -0.2) is 0 Å². The van der Waals surface area contributed by atoms with Crippen molar-refractivity contribution in [2.45, 2.75) is 39.7 Å². The van der Waals surface area contributed by atoms with E-state index in [0.717, 1.165) is 31.7 Å². The quantitative estimate of drug-likeness (QED) is 0.686. The summed E-state index contributed by atoms with van der Waals surface area (Å²) in [6.45, 7) is 9.97. The lowest BCUT2D eigenvalue weighted by atomic mass is 10.1. The lowest BCUT2D eigenvalue weighted by Gasteiger charge is -2.20. The number of aromatic nitrogens is 1. The molecule has 112 valence electrons. The maximum atomic E-state index is 5.69. The minimum Gasteiger partial charge on any atom is -0.388 e. The highest BCUT2D eigenvalue weighted by atomic mass is 32.1. The third kappa shape index (κ3) is 5.43. The van der Waals surface area contributed by atoms with E-state index >= 15 is 0 Å². The highest BCUT2D eigenvalue weighted by molar-refractivity contribution is 7.80. The molecule has 0 radical (unpaired) electrons. The van der Waals surface area contributed by atoms with Crippen LogP contribution in [-0.4, -0.2) is 40.5 Å². The minimum absolute atomic E-state index is 0.337. The number of nitrogens with one attached hydrogen (secondary N) is 1. The van der Waals surface area contributed by atoms with Gasteiger partial charge in [-0.1, -0.05) is 26.1 Å². The van der Waals surface area contributed by atoms with E-state index in [1.165, 1.54) is 6.42 Å². The molecule has 1 heterocycles. The molecule has 0 aromatic carbocycles. The summed E-state index contributed by atoms with van der Waals surface area (Å²) in [6.07, 6.45) is 4.01. The van der Waals surface area contributed by atoms with Crippen LogP contribution in [0.15, 0.2) is 18.3 Å². The van der Waals surface area contributed by atoms with Crippen LogP contribution in [0.1, 0.15) is 39.3 Å².